The van der Waals surface area contributed by atoms with E-state index in [0.29, 0.717) is 34.4 Å². The van der Waals surface area contributed by atoms with Crippen molar-refractivity contribution in [2.45, 2.75) is 39.3 Å². The van der Waals surface area contributed by atoms with Gasteiger partial charge in [0.15, 0.2) is 6.23 Å². The largest absolute Gasteiger partial charge is 0.491 e. The van der Waals surface area contributed by atoms with E-state index in [2.05, 4.69) is 0 Å². The molecule has 0 aromatic heterocycles. The van der Waals surface area contributed by atoms with E-state index in [0.717, 1.165) is 6.42 Å². The van der Waals surface area contributed by atoms with Crippen molar-refractivity contribution in [2.75, 3.05) is 19.0 Å². The van der Waals surface area contributed by atoms with E-state index in [-0.39, 0.29) is 36.0 Å². The Morgan fingerprint density at radius 2 is 1.94 bits per heavy atom. The molecule has 1 aliphatic heterocycles. The van der Waals surface area contributed by atoms with Gasteiger partial charge in [-0.15, -0.1) is 4.28 Å². The lowest BCUT2D eigenvalue weighted by Gasteiger charge is -2.37. The number of Topliss-reactive ketones (excluding diaryl/α,β-unsaturated/α-hetero) is 1. The minimum Gasteiger partial charge on any atom is -0.491 e. The molecule has 0 saturated heterocycles. The number of carbonyl (C=O) groups is 2. The molecule has 0 spiro atoms. The number of aliphatic hydroxyl groups is 2. The van der Waals surface area contributed by atoms with Gasteiger partial charge in [-0.1, -0.05) is 32.0 Å². The fourth-order valence-electron chi connectivity index (χ4n) is 6.07. The van der Waals surface area contributed by atoms with E-state index in [4.69, 9.17) is 14.1 Å². The third-order valence-corrected chi connectivity index (χ3v) is 9.30. The molecule has 0 radical (unpaired) electrons. The van der Waals surface area contributed by atoms with Crippen LogP contribution in [0, 0.1) is 16.7 Å². The van der Waals surface area contributed by atoms with Crippen LogP contribution < -0.4 is 4.74 Å². The predicted molar refractivity (Wildman–Crippen MR) is 121 cm³/mol. The first-order valence-corrected chi connectivity index (χ1v) is 12.9. The van der Waals surface area contributed by atoms with E-state index in [1.807, 2.05) is 13.8 Å². The van der Waals surface area contributed by atoms with E-state index in [1.165, 1.54) is 12.1 Å². The van der Waals surface area contributed by atoms with Crippen molar-refractivity contribution in [2.24, 2.45) is 16.7 Å². The summed E-state index contributed by atoms with van der Waals surface area (Å²) in [5.74, 6) is -0.883. The Kier molecular flexibility index (Phi) is 5.29. The van der Waals surface area contributed by atoms with Crippen LogP contribution in [0.25, 0.3) is 10.8 Å². The number of hydrogen-bond acceptors (Lipinski definition) is 8. The summed E-state index contributed by atoms with van der Waals surface area (Å²) in [6, 6.07) is 7.96. The Labute approximate surface area is 197 Å². The summed E-state index contributed by atoms with van der Waals surface area (Å²) in [4.78, 5) is 26.0. The van der Waals surface area contributed by atoms with Crippen LogP contribution in [0.2, 0.25) is 0 Å². The van der Waals surface area contributed by atoms with Gasteiger partial charge in [-0.2, -0.15) is 13.5 Å². The summed E-state index contributed by atoms with van der Waals surface area (Å²) in [6.07, 6.45) is -0.0893. The first-order valence-electron chi connectivity index (χ1n) is 11.3. The second-order valence-corrected chi connectivity index (χ2v) is 11.5. The summed E-state index contributed by atoms with van der Waals surface area (Å²) in [5, 5.41) is 21.5. The lowest BCUT2D eigenvalue weighted by Crippen LogP contribution is -2.46. The second kappa shape index (κ2) is 7.74. The average molecular weight is 490 g/mol. The molecule has 34 heavy (non-hydrogen) atoms. The van der Waals surface area contributed by atoms with Crippen molar-refractivity contribution in [3.63, 3.8) is 0 Å². The van der Waals surface area contributed by atoms with Crippen LogP contribution in [0.3, 0.4) is 0 Å². The third-order valence-electron chi connectivity index (χ3n) is 8.07. The zero-order chi connectivity index (χ0) is 24.5. The molecule has 5 rings (SSSR count). The highest BCUT2D eigenvalue weighted by atomic mass is 32.2. The van der Waals surface area contributed by atoms with Gasteiger partial charge in [0.1, 0.15) is 18.1 Å². The van der Waals surface area contributed by atoms with Crippen LogP contribution in [0.4, 0.5) is 0 Å². The number of hydrogen-bond donors (Lipinski definition) is 2. The topological polar surface area (TPSA) is 130 Å². The quantitative estimate of drug-likeness (QED) is 0.606. The van der Waals surface area contributed by atoms with Crippen molar-refractivity contribution in [1.29, 1.82) is 0 Å². The zero-order valence-corrected chi connectivity index (χ0v) is 19.8. The fourth-order valence-corrected chi connectivity index (χ4v) is 7.80. The molecular formula is C24H27NO8S. The van der Waals surface area contributed by atoms with Crippen molar-refractivity contribution in [3.8, 4) is 5.75 Å². The van der Waals surface area contributed by atoms with E-state index in [1.54, 1.807) is 18.2 Å². The van der Waals surface area contributed by atoms with E-state index in [9.17, 15) is 23.1 Å². The monoisotopic (exact) mass is 489 g/mol. The summed E-state index contributed by atoms with van der Waals surface area (Å²) < 4.78 is 37.1. The van der Waals surface area contributed by atoms with Crippen molar-refractivity contribution >= 4 is 32.6 Å². The van der Waals surface area contributed by atoms with Crippen LogP contribution in [0.15, 0.2) is 30.3 Å². The molecule has 2 bridgehead atoms. The molecule has 9 nitrogen and oxygen atoms in total. The highest BCUT2D eigenvalue weighted by Gasteiger charge is 2.65. The zero-order valence-electron chi connectivity index (χ0n) is 19.0. The average Bonchev–Trinajstić information content (AvgIpc) is 3.13. The third kappa shape index (κ3) is 3.19. The smallest absolute Gasteiger partial charge is 0.289 e. The molecule has 2 fully saturated rings. The molecule has 3 atom stereocenters. The molecule has 3 unspecified atom stereocenters. The molecule has 10 heteroatoms. The first-order chi connectivity index (χ1) is 16.0. The molecule has 3 aliphatic rings. The van der Waals surface area contributed by atoms with E-state index < -0.39 is 38.8 Å². The molecular weight excluding hydrogens is 462 g/mol. The molecule has 2 N–H and O–H groups in total. The molecule has 2 saturated carbocycles. The summed E-state index contributed by atoms with van der Waals surface area (Å²) in [5.41, 5.74) is -1.11. The Bertz CT molecular complexity index is 1300. The van der Waals surface area contributed by atoms with Crippen molar-refractivity contribution < 1.29 is 37.2 Å². The van der Waals surface area contributed by atoms with Gasteiger partial charge in [0, 0.05) is 22.8 Å². The van der Waals surface area contributed by atoms with Crippen LogP contribution in [-0.4, -0.2) is 54.4 Å². The lowest BCUT2D eigenvalue weighted by atomic mass is 9.70. The highest BCUT2D eigenvalue weighted by Crippen LogP contribution is 2.64. The standard InChI is InChI=1S/C24H27NO8S/c1-23(2)14-8-9-24(23,19(27)12-14)13-34(30,31)33-25-21(28)16-5-3-4-15-18(32-11-10-26)7-6-17(20(15)16)22(25)29/h3-7,14,22,26,29H,8-13H2,1-2H3. The van der Waals surface area contributed by atoms with Gasteiger partial charge in [-0.25, -0.2) is 0 Å². The van der Waals surface area contributed by atoms with E-state index >= 15 is 0 Å². The SMILES string of the molecule is CC1(C)C2CCC1(CS(=O)(=O)ON1C(=O)c3cccc4c(OCCO)ccc(c34)C1O)C(=O)C2. The van der Waals surface area contributed by atoms with Gasteiger partial charge in [0.2, 0.25) is 0 Å². The number of amides is 1. The number of fused-ring (bicyclic) bond motifs is 2. The van der Waals surface area contributed by atoms with Gasteiger partial charge < -0.3 is 14.9 Å². The molecule has 1 heterocycles. The maximum atomic E-state index is 13.2. The number of carbonyl (C=O) groups excluding carboxylic acids is 2. The summed E-state index contributed by atoms with van der Waals surface area (Å²) >= 11 is 0. The van der Waals surface area contributed by atoms with Gasteiger partial charge in [0.25, 0.3) is 16.0 Å². The minimum atomic E-state index is -4.40. The van der Waals surface area contributed by atoms with Crippen LogP contribution in [0.5, 0.6) is 5.75 Å². The van der Waals surface area contributed by atoms with Gasteiger partial charge in [-0.3, -0.25) is 9.59 Å². The maximum Gasteiger partial charge on any atom is 0.289 e. The number of ketones is 1. The highest BCUT2D eigenvalue weighted by molar-refractivity contribution is 7.86. The Morgan fingerprint density at radius 1 is 1.18 bits per heavy atom. The molecule has 2 aliphatic carbocycles. The normalized spacial score (nSPS) is 27.6. The number of rotatable bonds is 7. The molecule has 182 valence electrons. The Hall–Kier alpha value is -2.53. The lowest BCUT2D eigenvalue weighted by molar-refractivity contribution is -0.137. The number of aliphatic hydroxyl groups excluding tert-OH is 2. The predicted octanol–water partition coefficient (Wildman–Crippen LogP) is 2.31. The number of benzene rings is 2. The molecule has 2 aromatic carbocycles. The second-order valence-electron chi connectivity index (χ2n) is 9.90. The van der Waals surface area contributed by atoms with Crippen LogP contribution in [-0.2, 0) is 19.2 Å². The maximum absolute atomic E-state index is 13.2. The number of ether oxygens (including phenoxy) is 1. The van der Waals surface area contributed by atoms with Crippen LogP contribution >= 0.6 is 0 Å². The molecule has 2 aromatic rings. The van der Waals surface area contributed by atoms with Crippen molar-refractivity contribution in [1.82, 2.24) is 5.06 Å². The first kappa shape index (κ1) is 23.2. The number of nitrogens with zero attached hydrogens (tertiary/aromatic N) is 1. The summed E-state index contributed by atoms with van der Waals surface area (Å²) in [7, 11) is -4.40. The molecule has 1 amide bonds. The van der Waals surface area contributed by atoms with Gasteiger partial charge >= 0.3 is 0 Å². The Balaban J connectivity index is 1.47. The van der Waals surface area contributed by atoms with Gasteiger partial charge in [-0.05, 0) is 36.3 Å². The van der Waals surface area contributed by atoms with Gasteiger partial charge in [0.05, 0.1) is 23.3 Å². The van der Waals surface area contributed by atoms with Crippen molar-refractivity contribution in [3.05, 3.63) is 41.5 Å². The fraction of sp³-hybridized carbons (Fsp3) is 0.500. The minimum absolute atomic E-state index is 0.0559. The Morgan fingerprint density at radius 3 is 2.59 bits per heavy atom. The van der Waals surface area contributed by atoms with Crippen LogP contribution in [0.1, 0.15) is 55.3 Å². The number of hydroxylamine groups is 2. The summed E-state index contributed by atoms with van der Waals surface area (Å²) in [6.45, 7) is 3.70.